The van der Waals surface area contributed by atoms with Gasteiger partial charge in [0.1, 0.15) is 5.75 Å². The number of ether oxygens (including phenoxy) is 3. The highest BCUT2D eigenvalue weighted by atomic mass is 16.7. The largest absolute Gasteiger partial charge is 0.496 e. The average molecular weight is 265 g/mol. The fraction of sp³-hybridized carbons (Fsp3) is 0.600. The lowest BCUT2D eigenvalue weighted by atomic mass is 10.0. The number of hydrogen-bond donors (Lipinski definition) is 1. The summed E-state index contributed by atoms with van der Waals surface area (Å²) < 4.78 is 16.5. The molecule has 1 heterocycles. The van der Waals surface area contributed by atoms with Crippen molar-refractivity contribution in [1.82, 2.24) is 5.32 Å². The molecule has 0 saturated carbocycles. The van der Waals surface area contributed by atoms with Gasteiger partial charge < -0.3 is 19.5 Å². The van der Waals surface area contributed by atoms with Gasteiger partial charge in [-0.05, 0) is 24.6 Å². The molecule has 0 bridgehead atoms. The molecule has 4 heteroatoms. The van der Waals surface area contributed by atoms with Crippen LogP contribution in [0.15, 0.2) is 24.3 Å². The Morgan fingerprint density at radius 2 is 2.05 bits per heavy atom. The molecule has 1 aliphatic rings. The SMILES string of the molecule is CCNC(Cc1ccccc1OC)CC1OCCO1. The molecule has 2 rings (SSSR count). The molecular weight excluding hydrogens is 242 g/mol. The second-order valence-electron chi connectivity index (χ2n) is 4.68. The maximum Gasteiger partial charge on any atom is 0.159 e. The number of methoxy groups -OCH3 is 1. The highest BCUT2D eigenvalue weighted by Crippen LogP contribution is 2.21. The van der Waals surface area contributed by atoms with Crippen molar-refractivity contribution in [1.29, 1.82) is 0 Å². The Labute approximate surface area is 115 Å². The van der Waals surface area contributed by atoms with Crippen LogP contribution in [0.5, 0.6) is 5.75 Å². The zero-order chi connectivity index (χ0) is 13.5. The molecule has 0 spiro atoms. The second kappa shape index (κ2) is 7.48. The molecule has 1 unspecified atom stereocenters. The van der Waals surface area contributed by atoms with Gasteiger partial charge in [0, 0.05) is 12.5 Å². The molecule has 0 aliphatic carbocycles. The molecule has 0 amide bonds. The zero-order valence-corrected chi connectivity index (χ0v) is 11.7. The topological polar surface area (TPSA) is 39.7 Å². The van der Waals surface area contributed by atoms with Crippen LogP contribution in [0.4, 0.5) is 0 Å². The first-order valence-corrected chi connectivity index (χ1v) is 6.92. The summed E-state index contributed by atoms with van der Waals surface area (Å²) in [4.78, 5) is 0. The molecule has 1 aromatic carbocycles. The number of nitrogens with one attached hydrogen (secondary N) is 1. The first-order chi connectivity index (χ1) is 9.33. The van der Waals surface area contributed by atoms with Crippen molar-refractivity contribution in [3.05, 3.63) is 29.8 Å². The number of likely N-dealkylation sites (N-methyl/N-ethyl adjacent to an activating group) is 1. The van der Waals surface area contributed by atoms with Gasteiger partial charge in [0.15, 0.2) is 6.29 Å². The number of hydrogen-bond acceptors (Lipinski definition) is 4. The van der Waals surface area contributed by atoms with Crippen LogP contribution in [-0.4, -0.2) is 39.2 Å². The van der Waals surface area contributed by atoms with E-state index in [2.05, 4.69) is 18.3 Å². The molecule has 19 heavy (non-hydrogen) atoms. The van der Waals surface area contributed by atoms with Crippen molar-refractivity contribution in [2.75, 3.05) is 26.9 Å². The Morgan fingerprint density at radius 3 is 2.74 bits per heavy atom. The van der Waals surface area contributed by atoms with Crippen LogP contribution in [0.2, 0.25) is 0 Å². The number of benzene rings is 1. The van der Waals surface area contributed by atoms with Gasteiger partial charge in [0.2, 0.25) is 0 Å². The predicted octanol–water partition coefficient (Wildman–Crippen LogP) is 1.98. The van der Waals surface area contributed by atoms with E-state index in [-0.39, 0.29) is 6.29 Å². The van der Waals surface area contributed by atoms with Crippen molar-refractivity contribution < 1.29 is 14.2 Å². The quantitative estimate of drug-likeness (QED) is 0.818. The van der Waals surface area contributed by atoms with E-state index in [1.165, 1.54) is 5.56 Å². The van der Waals surface area contributed by atoms with E-state index in [4.69, 9.17) is 14.2 Å². The summed E-state index contributed by atoms with van der Waals surface area (Å²) in [6.45, 7) is 4.47. The Balaban J connectivity index is 1.98. The molecule has 4 nitrogen and oxygen atoms in total. The molecule has 0 radical (unpaired) electrons. The molecule has 1 N–H and O–H groups in total. The highest BCUT2D eigenvalue weighted by molar-refractivity contribution is 5.33. The lowest BCUT2D eigenvalue weighted by Crippen LogP contribution is -2.34. The summed E-state index contributed by atoms with van der Waals surface area (Å²) in [6, 6.07) is 8.49. The monoisotopic (exact) mass is 265 g/mol. The van der Waals surface area contributed by atoms with Crippen LogP contribution >= 0.6 is 0 Å². The average Bonchev–Trinajstić information content (AvgIpc) is 2.92. The third-order valence-electron chi connectivity index (χ3n) is 3.32. The lowest BCUT2D eigenvalue weighted by Gasteiger charge is -2.21. The van der Waals surface area contributed by atoms with Crippen molar-refractivity contribution in [3.63, 3.8) is 0 Å². The van der Waals surface area contributed by atoms with Gasteiger partial charge in [-0.2, -0.15) is 0 Å². The maximum absolute atomic E-state index is 5.53. The van der Waals surface area contributed by atoms with E-state index in [1.807, 2.05) is 18.2 Å². The summed E-state index contributed by atoms with van der Waals surface area (Å²) in [7, 11) is 1.71. The van der Waals surface area contributed by atoms with E-state index in [0.29, 0.717) is 19.3 Å². The van der Waals surface area contributed by atoms with Crippen LogP contribution in [0, 0.1) is 0 Å². The Hall–Kier alpha value is -1.10. The fourth-order valence-corrected chi connectivity index (χ4v) is 2.44. The molecule has 1 fully saturated rings. The second-order valence-corrected chi connectivity index (χ2v) is 4.68. The van der Waals surface area contributed by atoms with Gasteiger partial charge in [-0.15, -0.1) is 0 Å². The van der Waals surface area contributed by atoms with Crippen molar-refractivity contribution in [3.8, 4) is 5.75 Å². The molecule has 1 aromatic rings. The van der Waals surface area contributed by atoms with E-state index in [9.17, 15) is 0 Å². The molecule has 1 saturated heterocycles. The van der Waals surface area contributed by atoms with Gasteiger partial charge in [-0.3, -0.25) is 0 Å². The van der Waals surface area contributed by atoms with Gasteiger partial charge >= 0.3 is 0 Å². The third-order valence-corrected chi connectivity index (χ3v) is 3.32. The van der Waals surface area contributed by atoms with Crippen molar-refractivity contribution in [2.24, 2.45) is 0 Å². The summed E-state index contributed by atoms with van der Waals surface area (Å²) in [5.41, 5.74) is 1.22. The standard InChI is InChI=1S/C15H23NO3/c1-3-16-13(11-15-18-8-9-19-15)10-12-6-4-5-7-14(12)17-2/h4-7,13,15-16H,3,8-11H2,1-2H3. The summed E-state index contributed by atoms with van der Waals surface area (Å²) in [6.07, 6.45) is 1.71. The minimum atomic E-state index is -0.0706. The van der Waals surface area contributed by atoms with Crippen LogP contribution in [0.1, 0.15) is 18.9 Å². The molecule has 1 aliphatic heterocycles. The molecule has 1 atom stereocenters. The van der Waals surface area contributed by atoms with Crippen LogP contribution < -0.4 is 10.1 Å². The highest BCUT2D eigenvalue weighted by Gasteiger charge is 2.21. The van der Waals surface area contributed by atoms with Gasteiger partial charge in [-0.25, -0.2) is 0 Å². The maximum atomic E-state index is 5.53. The van der Waals surface area contributed by atoms with E-state index >= 15 is 0 Å². The third kappa shape index (κ3) is 4.20. The van der Waals surface area contributed by atoms with E-state index < -0.39 is 0 Å². The van der Waals surface area contributed by atoms with Crippen LogP contribution in [0.25, 0.3) is 0 Å². The Bertz CT molecular complexity index is 377. The van der Waals surface area contributed by atoms with Crippen LogP contribution in [-0.2, 0) is 15.9 Å². The molecular formula is C15H23NO3. The summed E-state index contributed by atoms with van der Waals surface area (Å²) >= 11 is 0. The Kier molecular flexibility index (Phi) is 5.63. The van der Waals surface area contributed by atoms with E-state index in [0.717, 1.165) is 25.1 Å². The van der Waals surface area contributed by atoms with Crippen LogP contribution in [0.3, 0.4) is 0 Å². The lowest BCUT2D eigenvalue weighted by molar-refractivity contribution is -0.0525. The number of para-hydroxylation sites is 1. The first-order valence-electron chi connectivity index (χ1n) is 6.92. The van der Waals surface area contributed by atoms with Crippen molar-refractivity contribution in [2.45, 2.75) is 32.1 Å². The van der Waals surface area contributed by atoms with Gasteiger partial charge in [0.05, 0.1) is 20.3 Å². The smallest absolute Gasteiger partial charge is 0.159 e. The van der Waals surface area contributed by atoms with Gasteiger partial charge in [-0.1, -0.05) is 25.1 Å². The fourth-order valence-electron chi connectivity index (χ4n) is 2.44. The summed E-state index contributed by atoms with van der Waals surface area (Å²) in [5, 5.41) is 3.49. The minimum Gasteiger partial charge on any atom is -0.496 e. The normalized spacial score (nSPS) is 17.6. The zero-order valence-electron chi connectivity index (χ0n) is 11.7. The predicted molar refractivity (Wildman–Crippen MR) is 74.5 cm³/mol. The van der Waals surface area contributed by atoms with Crippen molar-refractivity contribution >= 4 is 0 Å². The van der Waals surface area contributed by atoms with E-state index in [1.54, 1.807) is 7.11 Å². The first kappa shape index (κ1) is 14.3. The Morgan fingerprint density at radius 1 is 1.32 bits per heavy atom. The minimum absolute atomic E-state index is 0.0706. The molecule has 106 valence electrons. The number of rotatable bonds is 7. The molecule has 0 aromatic heterocycles. The van der Waals surface area contributed by atoms with Gasteiger partial charge in [0.25, 0.3) is 0 Å². The summed E-state index contributed by atoms with van der Waals surface area (Å²) in [5.74, 6) is 0.943.